The Kier molecular flexibility index (Phi) is 3.99. The van der Waals surface area contributed by atoms with Crippen molar-refractivity contribution < 1.29 is 0 Å². The number of anilines is 1. The predicted octanol–water partition coefficient (Wildman–Crippen LogP) is 4.62. The van der Waals surface area contributed by atoms with Crippen LogP contribution in [0.1, 0.15) is 29.2 Å². The quantitative estimate of drug-likeness (QED) is 0.753. The Labute approximate surface area is 143 Å². The lowest BCUT2D eigenvalue weighted by Crippen LogP contribution is -2.18. The summed E-state index contributed by atoms with van der Waals surface area (Å²) in [5, 5.41) is 15.7. The average molecular weight is 339 g/mol. The molecule has 0 saturated heterocycles. The molecular weight excluding hydrogens is 322 g/mol. The highest BCUT2D eigenvalue weighted by molar-refractivity contribution is 7.08. The molecule has 0 radical (unpaired) electrons. The third-order valence-electron chi connectivity index (χ3n) is 4.13. The van der Waals surface area contributed by atoms with Gasteiger partial charge < -0.3 is 5.73 Å². The number of rotatable bonds is 4. The zero-order valence-corrected chi connectivity index (χ0v) is 14.2. The maximum Gasteiger partial charge on any atom is 0.0839 e. The van der Waals surface area contributed by atoms with Gasteiger partial charge in [-0.25, -0.2) is 0 Å². The van der Waals surface area contributed by atoms with Crippen molar-refractivity contribution >= 4 is 34.1 Å². The molecular formula is C18H17N3S2. The molecule has 1 aliphatic heterocycles. The SMILES string of the molecule is NCc1ccc(N2N=C(c3ccsc3)CC2c2ccsc2)cc1. The normalized spacial score (nSPS) is 17.5. The average Bonchev–Trinajstić information content (AvgIpc) is 3.34. The topological polar surface area (TPSA) is 41.6 Å². The first kappa shape index (κ1) is 14.6. The van der Waals surface area contributed by atoms with Crippen molar-refractivity contribution in [2.24, 2.45) is 10.8 Å². The standard InChI is InChI=1S/C18H17N3S2/c19-10-13-1-3-16(4-2-13)21-18(15-6-8-23-12-15)9-17(20-21)14-5-7-22-11-14/h1-8,11-12,18H,9-10,19H2. The van der Waals surface area contributed by atoms with Crippen LogP contribution in [0.2, 0.25) is 0 Å². The van der Waals surface area contributed by atoms with E-state index in [-0.39, 0.29) is 6.04 Å². The molecule has 2 N–H and O–H groups in total. The van der Waals surface area contributed by atoms with Gasteiger partial charge in [-0.3, -0.25) is 5.01 Å². The molecule has 2 aromatic heterocycles. The molecule has 23 heavy (non-hydrogen) atoms. The van der Waals surface area contributed by atoms with Crippen LogP contribution in [0, 0.1) is 0 Å². The van der Waals surface area contributed by atoms with E-state index < -0.39 is 0 Å². The Morgan fingerprint density at radius 1 is 1.04 bits per heavy atom. The molecule has 0 bridgehead atoms. The molecule has 0 amide bonds. The lowest BCUT2D eigenvalue weighted by Gasteiger charge is -2.23. The second-order valence-electron chi connectivity index (χ2n) is 5.55. The van der Waals surface area contributed by atoms with Crippen molar-refractivity contribution in [2.75, 3.05) is 5.01 Å². The van der Waals surface area contributed by atoms with Crippen LogP contribution in [0.25, 0.3) is 0 Å². The largest absolute Gasteiger partial charge is 0.326 e. The lowest BCUT2D eigenvalue weighted by atomic mass is 10.0. The van der Waals surface area contributed by atoms with Crippen molar-refractivity contribution in [3.05, 3.63) is 74.6 Å². The molecule has 0 aliphatic carbocycles. The highest BCUT2D eigenvalue weighted by Gasteiger charge is 2.30. The maximum atomic E-state index is 5.71. The minimum Gasteiger partial charge on any atom is -0.326 e. The number of benzene rings is 1. The molecule has 4 rings (SSSR count). The van der Waals surface area contributed by atoms with Crippen molar-refractivity contribution in [3.8, 4) is 0 Å². The molecule has 0 fully saturated rings. The van der Waals surface area contributed by atoms with Gasteiger partial charge in [0.2, 0.25) is 0 Å². The molecule has 5 heteroatoms. The van der Waals surface area contributed by atoms with Crippen LogP contribution >= 0.6 is 22.7 Å². The first-order valence-corrected chi connectivity index (χ1v) is 9.44. The smallest absolute Gasteiger partial charge is 0.0839 e. The number of hydrogen-bond donors (Lipinski definition) is 1. The van der Waals surface area contributed by atoms with Gasteiger partial charge in [0.05, 0.1) is 17.4 Å². The minimum absolute atomic E-state index is 0.264. The Morgan fingerprint density at radius 2 is 1.83 bits per heavy atom. The Bertz CT molecular complexity index is 789. The Hall–Kier alpha value is -1.95. The number of hydrazone groups is 1. The van der Waals surface area contributed by atoms with Gasteiger partial charge in [0.25, 0.3) is 0 Å². The van der Waals surface area contributed by atoms with E-state index in [9.17, 15) is 0 Å². The van der Waals surface area contributed by atoms with Crippen LogP contribution in [-0.2, 0) is 6.54 Å². The lowest BCUT2D eigenvalue weighted by molar-refractivity contribution is 0.711. The van der Waals surface area contributed by atoms with Gasteiger partial charge in [0.1, 0.15) is 0 Å². The van der Waals surface area contributed by atoms with Crippen LogP contribution in [-0.4, -0.2) is 5.71 Å². The van der Waals surface area contributed by atoms with Crippen molar-refractivity contribution in [2.45, 2.75) is 19.0 Å². The summed E-state index contributed by atoms with van der Waals surface area (Å²) in [4.78, 5) is 0. The van der Waals surface area contributed by atoms with E-state index >= 15 is 0 Å². The molecule has 0 saturated carbocycles. The van der Waals surface area contributed by atoms with Crippen LogP contribution in [0.5, 0.6) is 0 Å². The van der Waals surface area contributed by atoms with Crippen molar-refractivity contribution in [1.82, 2.24) is 0 Å². The van der Waals surface area contributed by atoms with E-state index in [1.165, 1.54) is 11.1 Å². The molecule has 1 atom stereocenters. The predicted molar refractivity (Wildman–Crippen MR) is 99.3 cm³/mol. The monoisotopic (exact) mass is 339 g/mol. The van der Waals surface area contributed by atoms with E-state index in [1.807, 2.05) is 0 Å². The molecule has 116 valence electrons. The summed E-state index contributed by atoms with van der Waals surface area (Å²) in [5.41, 5.74) is 11.7. The summed E-state index contributed by atoms with van der Waals surface area (Å²) in [5.74, 6) is 0. The fourth-order valence-electron chi connectivity index (χ4n) is 2.86. The molecule has 1 aliphatic rings. The van der Waals surface area contributed by atoms with Crippen molar-refractivity contribution in [3.63, 3.8) is 0 Å². The second-order valence-corrected chi connectivity index (χ2v) is 7.11. The summed E-state index contributed by atoms with van der Waals surface area (Å²) in [6.45, 7) is 0.567. The maximum absolute atomic E-state index is 5.71. The summed E-state index contributed by atoms with van der Waals surface area (Å²) in [7, 11) is 0. The van der Waals surface area contributed by atoms with E-state index in [2.05, 4.69) is 62.9 Å². The Balaban J connectivity index is 1.72. The van der Waals surface area contributed by atoms with Crippen LogP contribution in [0.4, 0.5) is 5.69 Å². The third-order valence-corrected chi connectivity index (χ3v) is 5.51. The fraction of sp³-hybridized carbons (Fsp3) is 0.167. The highest BCUT2D eigenvalue weighted by Crippen LogP contribution is 2.37. The molecule has 1 unspecified atom stereocenters. The van der Waals surface area contributed by atoms with E-state index in [4.69, 9.17) is 10.8 Å². The van der Waals surface area contributed by atoms with Gasteiger partial charge in [0, 0.05) is 18.5 Å². The molecule has 1 aromatic carbocycles. The van der Waals surface area contributed by atoms with Crippen LogP contribution in [0.15, 0.2) is 63.0 Å². The van der Waals surface area contributed by atoms with E-state index in [1.54, 1.807) is 22.7 Å². The molecule has 0 spiro atoms. The van der Waals surface area contributed by atoms with Gasteiger partial charge >= 0.3 is 0 Å². The number of hydrogen-bond acceptors (Lipinski definition) is 5. The van der Waals surface area contributed by atoms with E-state index in [0.717, 1.165) is 23.4 Å². The number of nitrogens with two attached hydrogens (primary N) is 1. The summed E-state index contributed by atoms with van der Waals surface area (Å²) >= 11 is 3.45. The second kappa shape index (κ2) is 6.28. The highest BCUT2D eigenvalue weighted by atomic mass is 32.1. The number of nitrogens with zero attached hydrogens (tertiary/aromatic N) is 2. The van der Waals surface area contributed by atoms with Gasteiger partial charge in [-0.05, 0) is 56.9 Å². The first-order valence-electron chi connectivity index (χ1n) is 7.55. The van der Waals surface area contributed by atoms with Crippen LogP contribution < -0.4 is 10.7 Å². The molecule has 3 aromatic rings. The summed E-state index contributed by atoms with van der Waals surface area (Å²) in [6, 6.07) is 13.0. The van der Waals surface area contributed by atoms with Gasteiger partial charge in [0.15, 0.2) is 0 Å². The summed E-state index contributed by atoms with van der Waals surface area (Å²) < 4.78 is 0. The number of thiophene rings is 2. The third kappa shape index (κ3) is 2.83. The zero-order chi connectivity index (χ0) is 15.6. The minimum atomic E-state index is 0.264. The zero-order valence-electron chi connectivity index (χ0n) is 12.6. The molecule has 3 heterocycles. The van der Waals surface area contributed by atoms with Gasteiger partial charge in [-0.1, -0.05) is 12.1 Å². The van der Waals surface area contributed by atoms with Gasteiger partial charge in [-0.15, -0.1) is 0 Å². The molecule has 3 nitrogen and oxygen atoms in total. The Morgan fingerprint density at radius 3 is 2.48 bits per heavy atom. The first-order chi connectivity index (χ1) is 11.3. The van der Waals surface area contributed by atoms with Crippen LogP contribution in [0.3, 0.4) is 0 Å². The van der Waals surface area contributed by atoms with Gasteiger partial charge in [-0.2, -0.15) is 27.8 Å². The van der Waals surface area contributed by atoms with Crippen molar-refractivity contribution in [1.29, 1.82) is 0 Å². The summed E-state index contributed by atoms with van der Waals surface area (Å²) in [6.07, 6.45) is 0.937. The van der Waals surface area contributed by atoms with E-state index in [0.29, 0.717) is 6.54 Å². The fourth-order valence-corrected chi connectivity index (χ4v) is 4.23.